The van der Waals surface area contributed by atoms with E-state index in [0.29, 0.717) is 26.4 Å². The summed E-state index contributed by atoms with van der Waals surface area (Å²) in [6.07, 6.45) is -0.516. The molecule has 0 saturated carbocycles. The van der Waals surface area contributed by atoms with Crippen LogP contribution in [0.3, 0.4) is 0 Å². The van der Waals surface area contributed by atoms with E-state index in [2.05, 4.69) is 5.32 Å². The number of carbonyl (C=O) groups is 1. The van der Waals surface area contributed by atoms with Crippen LogP contribution in [0.1, 0.15) is 5.56 Å². The molecule has 1 aromatic rings. The lowest BCUT2D eigenvalue weighted by Crippen LogP contribution is -2.39. The Kier molecular flexibility index (Phi) is 6.07. The van der Waals surface area contributed by atoms with E-state index in [1.807, 2.05) is 24.3 Å². The molecule has 0 aliphatic carbocycles. The van der Waals surface area contributed by atoms with E-state index >= 15 is 0 Å². The number of nitrogens with two attached hydrogens (primary N) is 1. The van der Waals surface area contributed by atoms with Crippen molar-refractivity contribution in [2.45, 2.75) is 12.6 Å². The van der Waals surface area contributed by atoms with E-state index in [-0.39, 0.29) is 18.3 Å². The lowest BCUT2D eigenvalue weighted by Gasteiger charge is -2.22. The van der Waals surface area contributed by atoms with Gasteiger partial charge in [0.05, 0.1) is 19.8 Å². The Balaban J connectivity index is 0.00000162. The molecule has 0 spiro atoms. The van der Waals surface area contributed by atoms with E-state index < -0.39 is 6.10 Å². The highest BCUT2D eigenvalue weighted by Crippen LogP contribution is 2.11. The van der Waals surface area contributed by atoms with Gasteiger partial charge in [0.25, 0.3) is 5.91 Å². The van der Waals surface area contributed by atoms with Crippen LogP contribution in [-0.4, -0.2) is 31.8 Å². The second kappa shape index (κ2) is 7.33. The van der Waals surface area contributed by atoms with Gasteiger partial charge in [-0.05, 0) is 17.7 Å². The standard InChI is InChI=1S/C12H16N2O3.ClH/c13-7-9-1-3-10(4-2-9)14-12(15)11-8-16-5-6-17-11;/h1-4,11H,5-8,13H2,(H,14,15);1H. The SMILES string of the molecule is Cl.NCc1ccc(NC(=O)C2COCCO2)cc1. The number of nitrogens with one attached hydrogen (secondary N) is 1. The zero-order valence-electron chi connectivity index (χ0n) is 9.93. The Morgan fingerprint density at radius 1 is 1.33 bits per heavy atom. The first kappa shape index (κ1) is 14.9. The van der Waals surface area contributed by atoms with Crippen molar-refractivity contribution in [2.75, 3.05) is 25.1 Å². The largest absolute Gasteiger partial charge is 0.376 e. The monoisotopic (exact) mass is 272 g/mol. The molecule has 6 heteroatoms. The normalized spacial score (nSPS) is 18.8. The molecule has 18 heavy (non-hydrogen) atoms. The van der Waals surface area contributed by atoms with Gasteiger partial charge in [0.2, 0.25) is 0 Å². The molecule has 0 aromatic heterocycles. The van der Waals surface area contributed by atoms with Crippen molar-refractivity contribution in [3.05, 3.63) is 29.8 Å². The van der Waals surface area contributed by atoms with Crippen LogP contribution >= 0.6 is 12.4 Å². The van der Waals surface area contributed by atoms with Crippen LogP contribution in [0.2, 0.25) is 0 Å². The summed E-state index contributed by atoms with van der Waals surface area (Å²) in [4.78, 5) is 11.8. The minimum atomic E-state index is -0.516. The van der Waals surface area contributed by atoms with Crippen molar-refractivity contribution in [3.8, 4) is 0 Å². The maximum absolute atomic E-state index is 11.8. The van der Waals surface area contributed by atoms with E-state index in [1.54, 1.807) is 0 Å². The van der Waals surface area contributed by atoms with E-state index in [4.69, 9.17) is 15.2 Å². The quantitative estimate of drug-likeness (QED) is 0.858. The zero-order valence-corrected chi connectivity index (χ0v) is 10.7. The van der Waals surface area contributed by atoms with Gasteiger partial charge in [0.1, 0.15) is 0 Å². The van der Waals surface area contributed by atoms with Crippen LogP contribution in [-0.2, 0) is 20.8 Å². The molecule has 1 aromatic carbocycles. The molecule has 0 bridgehead atoms. The van der Waals surface area contributed by atoms with Crippen molar-refractivity contribution >= 4 is 24.0 Å². The number of amides is 1. The predicted octanol–water partition coefficient (Wildman–Crippen LogP) is 0.921. The van der Waals surface area contributed by atoms with Gasteiger partial charge in [-0.25, -0.2) is 0 Å². The van der Waals surface area contributed by atoms with E-state index in [0.717, 1.165) is 11.3 Å². The maximum Gasteiger partial charge on any atom is 0.255 e. The molecule has 1 saturated heterocycles. The van der Waals surface area contributed by atoms with E-state index in [1.165, 1.54) is 0 Å². The molecule has 2 rings (SSSR count). The topological polar surface area (TPSA) is 73.6 Å². The number of hydrogen-bond acceptors (Lipinski definition) is 4. The van der Waals surface area contributed by atoms with Gasteiger partial charge < -0.3 is 20.5 Å². The third kappa shape index (κ3) is 3.96. The first-order valence-electron chi connectivity index (χ1n) is 5.59. The molecule has 1 fully saturated rings. The fraction of sp³-hybridized carbons (Fsp3) is 0.417. The van der Waals surface area contributed by atoms with Crippen molar-refractivity contribution in [3.63, 3.8) is 0 Å². The number of carbonyl (C=O) groups excluding carboxylic acids is 1. The van der Waals surface area contributed by atoms with Crippen LogP contribution in [0, 0.1) is 0 Å². The molecule has 3 N–H and O–H groups in total. The van der Waals surface area contributed by atoms with Crippen molar-refractivity contribution < 1.29 is 14.3 Å². The van der Waals surface area contributed by atoms with Crippen LogP contribution in [0.25, 0.3) is 0 Å². The summed E-state index contributed by atoms with van der Waals surface area (Å²) in [5.74, 6) is -0.176. The zero-order chi connectivity index (χ0) is 12.1. The Labute approximate surface area is 112 Å². The number of halogens is 1. The molecule has 1 aliphatic rings. The lowest BCUT2D eigenvalue weighted by atomic mass is 10.2. The average molecular weight is 273 g/mol. The smallest absolute Gasteiger partial charge is 0.255 e. The van der Waals surface area contributed by atoms with Crippen molar-refractivity contribution in [1.29, 1.82) is 0 Å². The molecule has 100 valence electrons. The summed E-state index contributed by atoms with van der Waals surface area (Å²) < 4.78 is 10.5. The molecular formula is C12H17ClN2O3. The second-order valence-electron chi connectivity index (χ2n) is 3.82. The van der Waals surface area contributed by atoms with Gasteiger partial charge in [-0.15, -0.1) is 12.4 Å². The van der Waals surface area contributed by atoms with Crippen molar-refractivity contribution in [2.24, 2.45) is 5.73 Å². The third-order valence-corrected chi connectivity index (χ3v) is 2.57. The predicted molar refractivity (Wildman–Crippen MR) is 70.8 cm³/mol. The first-order valence-corrected chi connectivity index (χ1v) is 5.59. The number of ether oxygens (including phenoxy) is 2. The average Bonchev–Trinajstić information content (AvgIpc) is 2.40. The summed E-state index contributed by atoms with van der Waals surface area (Å²) in [6, 6.07) is 7.41. The summed E-state index contributed by atoms with van der Waals surface area (Å²) in [5, 5.41) is 2.78. The Morgan fingerprint density at radius 3 is 2.61 bits per heavy atom. The fourth-order valence-corrected chi connectivity index (χ4v) is 1.59. The molecule has 0 radical (unpaired) electrons. The van der Waals surface area contributed by atoms with Gasteiger partial charge in [0.15, 0.2) is 6.10 Å². The van der Waals surface area contributed by atoms with Gasteiger partial charge in [0, 0.05) is 12.2 Å². The van der Waals surface area contributed by atoms with Gasteiger partial charge in [-0.2, -0.15) is 0 Å². The Morgan fingerprint density at radius 2 is 2.06 bits per heavy atom. The number of benzene rings is 1. The summed E-state index contributed by atoms with van der Waals surface area (Å²) >= 11 is 0. The first-order chi connectivity index (χ1) is 8.29. The molecule has 1 heterocycles. The van der Waals surface area contributed by atoms with Crippen molar-refractivity contribution in [1.82, 2.24) is 0 Å². The Hall–Kier alpha value is -1.14. The number of hydrogen-bond donors (Lipinski definition) is 2. The minimum Gasteiger partial charge on any atom is -0.376 e. The van der Waals surface area contributed by atoms with Gasteiger partial charge in [-0.3, -0.25) is 4.79 Å². The van der Waals surface area contributed by atoms with Crippen LogP contribution in [0.15, 0.2) is 24.3 Å². The Bertz CT molecular complexity index is 377. The van der Waals surface area contributed by atoms with Crippen LogP contribution in [0.5, 0.6) is 0 Å². The molecule has 1 amide bonds. The van der Waals surface area contributed by atoms with Crippen LogP contribution < -0.4 is 11.1 Å². The number of anilines is 1. The summed E-state index contributed by atoms with van der Waals surface area (Å²) in [7, 11) is 0. The highest BCUT2D eigenvalue weighted by Gasteiger charge is 2.22. The molecule has 1 aliphatic heterocycles. The van der Waals surface area contributed by atoms with Gasteiger partial charge >= 0.3 is 0 Å². The fourth-order valence-electron chi connectivity index (χ4n) is 1.59. The lowest BCUT2D eigenvalue weighted by molar-refractivity contribution is -0.142. The van der Waals surface area contributed by atoms with Gasteiger partial charge in [-0.1, -0.05) is 12.1 Å². The van der Waals surface area contributed by atoms with Crippen LogP contribution in [0.4, 0.5) is 5.69 Å². The van der Waals surface area contributed by atoms with E-state index in [9.17, 15) is 4.79 Å². The summed E-state index contributed by atoms with van der Waals surface area (Å²) in [6.45, 7) is 1.82. The minimum absolute atomic E-state index is 0. The summed E-state index contributed by atoms with van der Waals surface area (Å²) in [5.41, 5.74) is 7.26. The molecular weight excluding hydrogens is 256 g/mol. The highest BCUT2D eigenvalue weighted by atomic mass is 35.5. The molecule has 1 atom stereocenters. The maximum atomic E-state index is 11.8. The third-order valence-electron chi connectivity index (χ3n) is 2.57. The highest BCUT2D eigenvalue weighted by molar-refractivity contribution is 5.94. The number of rotatable bonds is 3. The second-order valence-corrected chi connectivity index (χ2v) is 3.82. The molecule has 1 unspecified atom stereocenters. The molecule has 5 nitrogen and oxygen atoms in total.